The Balaban J connectivity index is 2.40. The topological polar surface area (TPSA) is 55.0 Å². The number of nitrogens with two attached hydrogens (primary N) is 1. The van der Waals surface area contributed by atoms with E-state index in [1.807, 2.05) is 39.1 Å². The summed E-state index contributed by atoms with van der Waals surface area (Å²) in [5.41, 5.74) is 10.1. The highest BCUT2D eigenvalue weighted by molar-refractivity contribution is 6.30. The first-order valence-electron chi connectivity index (χ1n) is 6.96. The van der Waals surface area contributed by atoms with E-state index >= 15 is 0 Å². The highest BCUT2D eigenvalue weighted by atomic mass is 35.5. The fourth-order valence-electron chi connectivity index (χ4n) is 2.35. The third-order valence-electron chi connectivity index (χ3n) is 4.01. The lowest BCUT2D eigenvalue weighted by Gasteiger charge is -2.28. The second kappa shape index (κ2) is 6.41. The number of hydrogen-bond donors (Lipinski definition) is 1. The van der Waals surface area contributed by atoms with Gasteiger partial charge in [-0.05, 0) is 44.0 Å². The summed E-state index contributed by atoms with van der Waals surface area (Å²) in [5, 5.41) is 9.30. The quantitative estimate of drug-likeness (QED) is 0.940. The normalized spacial score (nSPS) is 12.3. The van der Waals surface area contributed by atoms with Crippen molar-refractivity contribution in [1.82, 2.24) is 10.2 Å². The molecule has 0 aliphatic heterocycles. The monoisotopic (exact) mass is 304 g/mol. The van der Waals surface area contributed by atoms with Gasteiger partial charge in [0.15, 0.2) is 5.82 Å². The fourth-order valence-corrected chi connectivity index (χ4v) is 2.54. The largest absolute Gasteiger partial charge is 0.351 e. The molecule has 0 spiro atoms. The lowest BCUT2D eigenvalue weighted by Crippen LogP contribution is -2.25. The number of anilines is 1. The smallest absolute Gasteiger partial charge is 0.156 e. The van der Waals surface area contributed by atoms with Crippen LogP contribution in [-0.2, 0) is 6.54 Å². The standard InChI is InChI=1S/C16H21ClN4/c1-10-11(2)19-20-16(15(10)9-18)21(4)12(3)13-6-5-7-14(17)8-13/h5-8,12H,9,18H2,1-4H3. The molecule has 0 fully saturated rings. The van der Waals surface area contributed by atoms with Crippen LogP contribution < -0.4 is 10.6 Å². The van der Waals surface area contributed by atoms with Crippen LogP contribution in [-0.4, -0.2) is 17.2 Å². The van der Waals surface area contributed by atoms with Crippen LogP contribution in [0.3, 0.4) is 0 Å². The van der Waals surface area contributed by atoms with Crippen LogP contribution in [0.1, 0.15) is 35.3 Å². The number of halogens is 1. The molecule has 0 saturated heterocycles. The average molecular weight is 305 g/mol. The van der Waals surface area contributed by atoms with Crippen molar-refractivity contribution in [2.75, 3.05) is 11.9 Å². The van der Waals surface area contributed by atoms with Gasteiger partial charge in [0.25, 0.3) is 0 Å². The van der Waals surface area contributed by atoms with Crippen LogP contribution in [0.25, 0.3) is 0 Å². The average Bonchev–Trinajstić information content (AvgIpc) is 2.48. The predicted molar refractivity (Wildman–Crippen MR) is 87.7 cm³/mol. The Bertz CT molecular complexity index is 642. The van der Waals surface area contributed by atoms with Crippen molar-refractivity contribution in [3.8, 4) is 0 Å². The highest BCUT2D eigenvalue weighted by Gasteiger charge is 2.19. The molecule has 0 aliphatic rings. The Kier molecular flexibility index (Phi) is 4.80. The van der Waals surface area contributed by atoms with E-state index in [2.05, 4.69) is 28.1 Å². The van der Waals surface area contributed by atoms with E-state index in [4.69, 9.17) is 17.3 Å². The second-order valence-corrected chi connectivity index (χ2v) is 5.70. The molecule has 0 radical (unpaired) electrons. The number of aryl methyl sites for hydroxylation is 1. The van der Waals surface area contributed by atoms with Crippen molar-refractivity contribution in [3.63, 3.8) is 0 Å². The molecular weight excluding hydrogens is 284 g/mol. The minimum absolute atomic E-state index is 0.130. The molecule has 1 atom stereocenters. The molecule has 0 saturated carbocycles. The van der Waals surface area contributed by atoms with Crippen molar-refractivity contribution in [2.24, 2.45) is 5.73 Å². The lowest BCUT2D eigenvalue weighted by molar-refractivity contribution is 0.708. The van der Waals surface area contributed by atoms with Gasteiger partial charge >= 0.3 is 0 Å². The van der Waals surface area contributed by atoms with Crippen LogP contribution in [0.4, 0.5) is 5.82 Å². The summed E-state index contributed by atoms with van der Waals surface area (Å²) in [6, 6.07) is 7.99. The molecule has 21 heavy (non-hydrogen) atoms. The van der Waals surface area contributed by atoms with Gasteiger partial charge in [0.05, 0.1) is 11.7 Å². The first kappa shape index (κ1) is 15.7. The molecule has 1 unspecified atom stereocenters. The molecular formula is C16H21ClN4. The van der Waals surface area contributed by atoms with Crippen molar-refractivity contribution in [3.05, 3.63) is 51.7 Å². The van der Waals surface area contributed by atoms with Crippen molar-refractivity contribution in [1.29, 1.82) is 0 Å². The minimum Gasteiger partial charge on any atom is -0.351 e. The summed E-state index contributed by atoms with van der Waals surface area (Å²) in [6.07, 6.45) is 0. The van der Waals surface area contributed by atoms with Gasteiger partial charge in [-0.25, -0.2) is 0 Å². The summed E-state index contributed by atoms with van der Waals surface area (Å²) in [6.45, 7) is 6.55. The van der Waals surface area contributed by atoms with Crippen LogP contribution in [0.15, 0.2) is 24.3 Å². The van der Waals surface area contributed by atoms with E-state index in [0.717, 1.165) is 33.2 Å². The van der Waals surface area contributed by atoms with E-state index in [-0.39, 0.29) is 6.04 Å². The second-order valence-electron chi connectivity index (χ2n) is 5.26. The molecule has 1 aromatic carbocycles. The van der Waals surface area contributed by atoms with Crippen LogP contribution in [0, 0.1) is 13.8 Å². The van der Waals surface area contributed by atoms with Crippen molar-refractivity contribution >= 4 is 17.4 Å². The number of nitrogens with zero attached hydrogens (tertiary/aromatic N) is 3. The zero-order valence-electron chi connectivity index (χ0n) is 12.9. The van der Waals surface area contributed by atoms with Gasteiger partial charge in [-0.3, -0.25) is 0 Å². The predicted octanol–water partition coefficient (Wildman–Crippen LogP) is 3.40. The molecule has 112 valence electrons. The Morgan fingerprint density at radius 2 is 2.00 bits per heavy atom. The number of aromatic nitrogens is 2. The molecule has 1 heterocycles. The summed E-state index contributed by atoms with van der Waals surface area (Å²) in [5.74, 6) is 0.827. The maximum absolute atomic E-state index is 6.08. The van der Waals surface area contributed by atoms with E-state index in [1.54, 1.807) is 0 Å². The highest BCUT2D eigenvalue weighted by Crippen LogP contribution is 2.29. The molecule has 0 bridgehead atoms. The fraction of sp³-hybridized carbons (Fsp3) is 0.375. The van der Waals surface area contributed by atoms with Crippen molar-refractivity contribution < 1.29 is 0 Å². The minimum atomic E-state index is 0.130. The molecule has 5 heteroatoms. The van der Waals surface area contributed by atoms with Gasteiger partial charge in [0.1, 0.15) is 0 Å². The van der Waals surface area contributed by atoms with Gasteiger partial charge in [0, 0.05) is 24.2 Å². The van der Waals surface area contributed by atoms with Crippen LogP contribution in [0.5, 0.6) is 0 Å². The molecule has 2 aromatic rings. The maximum atomic E-state index is 6.08. The van der Waals surface area contributed by atoms with Gasteiger partial charge in [-0.2, -0.15) is 5.10 Å². The third-order valence-corrected chi connectivity index (χ3v) is 4.25. The lowest BCUT2D eigenvalue weighted by atomic mass is 10.1. The SMILES string of the molecule is Cc1nnc(N(C)C(C)c2cccc(Cl)c2)c(CN)c1C. The maximum Gasteiger partial charge on any atom is 0.156 e. The van der Waals surface area contributed by atoms with Gasteiger partial charge in [-0.15, -0.1) is 5.10 Å². The van der Waals surface area contributed by atoms with Crippen LogP contribution >= 0.6 is 11.6 Å². The Labute approximate surface area is 130 Å². The first-order chi connectivity index (χ1) is 9.95. The van der Waals surface area contributed by atoms with Crippen LogP contribution in [0.2, 0.25) is 5.02 Å². The van der Waals surface area contributed by atoms with Gasteiger partial charge in [0.2, 0.25) is 0 Å². The Hall–Kier alpha value is -1.65. The molecule has 2 N–H and O–H groups in total. The summed E-state index contributed by atoms with van der Waals surface area (Å²) >= 11 is 6.08. The van der Waals surface area contributed by atoms with E-state index in [1.165, 1.54) is 0 Å². The molecule has 4 nitrogen and oxygen atoms in total. The van der Waals surface area contributed by atoms with E-state index in [9.17, 15) is 0 Å². The Morgan fingerprint density at radius 1 is 1.29 bits per heavy atom. The Morgan fingerprint density at radius 3 is 2.62 bits per heavy atom. The summed E-state index contributed by atoms with van der Waals surface area (Å²) in [4.78, 5) is 2.09. The zero-order chi connectivity index (χ0) is 15.6. The van der Waals surface area contributed by atoms with Gasteiger partial charge in [-0.1, -0.05) is 23.7 Å². The van der Waals surface area contributed by atoms with E-state index in [0.29, 0.717) is 6.54 Å². The van der Waals surface area contributed by atoms with E-state index < -0.39 is 0 Å². The number of rotatable bonds is 4. The van der Waals surface area contributed by atoms with Crippen molar-refractivity contribution in [2.45, 2.75) is 33.4 Å². The number of benzene rings is 1. The molecule has 0 amide bonds. The number of hydrogen-bond acceptors (Lipinski definition) is 4. The molecule has 2 rings (SSSR count). The molecule has 0 aliphatic carbocycles. The first-order valence-corrected chi connectivity index (χ1v) is 7.34. The zero-order valence-corrected chi connectivity index (χ0v) is 13.6. The summed E-state index contributed by atoms with van der Waals surface area (Å²) in [7, 11) is 2.00. The molecule has 1 aromatic heterocycles. The summed E-state index contributed by atoms with van der Waals surface area (Å²) < 4.78 is 0. The third kappa shape index (κ3) is 3.17. The van der Waals surface area contributed by atoms with Gasteiger partial charge < -0.3 is 10.6 Å².